The minimum Gasteiger partial charge on any atom is -0.462 e. The smallest absolute Gasteiger partial charge is 0.323 e. The van der Waals surface area contributed by atoms with Crippen molar-refractivity contribution in [2.24, 2.45) is 11.7 Å². The van der Waals surface area contributed by atoms with Crippen molar-refractivity contribution in [1.82, 2.24) is 15.2 Å². The number of esters is 1. The maximum atomic E-state index is 15.1. The summed E-state index contributed by atoms with van der Waals surface area (Å²) in [4.78, 5) is 18.2. The van der Waals surface area contributed by atoms with E-state index in [1.165, 1.54) is 6.07 Å². The molecule has 0 saturated carbocycles. The van der Waals surface area contributed by atoms with Crippen LogP contribution in [0.3, 0.4) is 0 Å². The fourth-order valence-corrected chi connectivity index (χ4v) is 3.48. The van der Waals surface area contributed by atoms with Crippen LogP contribution < -0.4 is 10.6 Å². The van der Waals surface area contributed by atoms with E-state index in [0.717, 1.165) is 0 Å². The maximum Gasteiger partial charge on any atom is 0.323 e. The molecule has 10 nitrogen and oxygen atoms in total. The van der Waals surface area contributed by atoms with E-state index in [2.05, 4.69) is 15.2 Å². The van der Waals surface area contributed by atoms with Gasteiger partial charge in [0, 0.05) is 36.5 Å². The first kappa shape index (κ1) is 24.7. The van der Waals surface area contributed by atoms with Gasteiger partial charge in [0.2, 0.25) is 5.89 Å². The molecule has 0 unspecified atom stereocenters. The molecule has 2 aromatic heterocycles. The van der Waals surface area contributed by atoms with Crippen molar-refractivity contribution in [2.45, 2.75) is 32.9 Å². The molecule has 3 aromatic rings. The van der Waals surface area contributed by atoms with Crippen LogP contribution in [-0.2, 0) is 19.0 Å². The molecular weight excluding hydrogens is 457 g/mol. The number of nitrogens with zero attached hydrogens (tertiary/aromatic N) is 4. The topological polar surface area (TPSA) is 126 Å². The Balaban J connectivity index is 1.43. The molecule has 4 rings (SSSR count). The number of carbonyl (C=O) groups is 1. The minimum absolute atomic E-state index is 0.0251. The van der Waals surface area contributed by atoms with Crippen LogP contribution in [-0.4, -0.2) is 60.0 Å². The first-order valence-corrected chi connectivity index (χ1v) is 11.2. The highest BCUT2D eigenvalue weighted by Crippen LogP contribution is 2.28. The van der Waals surface area contributed by atoms with E-state index in [1.54, 1.807) is 37.4 Å². The zero-order valence-electron chi connectivity index (χ0n) is 19.8. The normalized spacial score (nSPS) is 17.3. The van der Waals surface area contributed by atoms with Crippen molar-refractivity contribution < 1.29 is 27.8 Å². The van der Waals surface area contributed by atoms with Gasteiger partial charge in [0.05, 0.1) is 0 Å². The molecule has 186 valence electrons. The SMILES string of the molecule is Cc1nnc(-c2ccc(-c3ccc(N4COCO[C@@H](COC(=O)[C@@H](N)C(C)C)C4)cc3F)cn2)o1. The highest BCUT2D eigenvalue weighted by atomic mass is 19.1. The van der Waals surface area contributed by atoms with E-state index in [1.807, 2.05) is 18.7 Å². The molecule has 11 heteroatoms. The Bertz CT molecular complexity index is 1150. The maximum absolute atomic E-state index is 15.1. The van der Waals surface area contributed by atoms with Crippen molar-refractivity contribution in [3.05, 3.63) is 48.2 Å². The van der Waals surface area contributed by atoms with Crippen molar-refractivity contribution in [3.8, 4) is 22.7 Å². The summed E-state index contributed by atoms with van der Waals surface area (Å²) in [6.45, 7) is 6.00. The molecule has 1 fully saturated rings. The van der Waals surface area contributed by atoms with Gasteiger partial charge in [0.15, 0.2) is 0 Å². The zero-order valence-corrected chi connectivity index (χ0v) is 19.8. The van der Waals surface area contributed by atoms with Gasteiger partial charge in [-0.3, -0.25) is 9.78 Å². The predicted octanol–water partition coefficient (Wildman–Crippen LogP) is 2.91. The summed E-state index contributed by atoms with van der Waals surface area (Å²) in [5, 5.41) is 7.73. The van der Waals surface area contributed by atoms with E-state index in [0.29, 0.717) is 40.8 Å². The molecular formula is C24H28FN5O5. The second-order valence-corrected chi connectivity index (χ2v) is 8.58. The van der Waals surface area contributed by atoms with Gasteiger partial charge in [-0.2, -0.15) is 0 Å². The minimum atomic E-state index is -0.700. The average molecular weight is 486 g/mol. The zero-order chi connectivity index (χ0) is 24.9. The van der Waals surface area contributed by atoms with E-state index in [4.69, 9.17) is 24.4 Å². The van der Waals surface area contributed by atoms with Crippen molar-refractivity contribution in [3.63, 3.8) is 0 Å². The van der Waals surface area contributed by atoms with Crippen LogP contribution in [0, 0.1) is 18.7 Å². The quantitative estimate of drug-likeness (QED) is 0.499. The molecule has 1 saturated heterocycles. The Morgan fingerprint density at radius 3 is 2.77 bits per heavy atom. The summed E-state index contributed by atoms with van der Waals surface area (Å²) >= 11 is 0. The number of nitrogens with two attached hydrogens (primary N) is 1. The number of aromatic nitrogens is 3. The molecule has 35 heavy (non-hydrogen) atoms. The number of benzene rings is 1. The third kappa shape index (κ3) is 5.99. The molecule has 2 N–H and O–H groups in total. The Hall–Kier alpha value is -3.41. The largest absolute Gasteiger partial charge is 0.462 e. The fraction of sp³-hybridized carbons (Fsp3) is 0.417. The lowest BCUT2D eigenvalue weighted by molar-refractivity contribution is -0.153. The molecule has 0 radical (unpaired) electrons. The fourth-order valence-electron chi connectivity index (χ4n) is 3.48. The van der Waals surface area contributed by atoms with E-state index < -0.39 is 23.9 Å². The van der Waals surface area contributed by atoms with Crippen LogP contribution in [0.2, 0.25) is 0 Å². The molecule has 0 aliphatic carbocycles. The predicted molar refractivity (Wildman–Crippen MR) is 124 cm³/mol. The number of hydrogen-bond acceptors (Lipinski definition) is 10. The molecule has 1 aliphatic rings. The first-order valence-electron chi connectivity index (χ1n) is 11.2. The molecule has 3 heterocycles. The van der Waals surface area contributed by atoms with E-state index in [9.17, 15) is 4.79 Å². The highest BCUT2D eigenvalue weighted by molar-refractivity contribution is 5.75. The first-order chi connectivity index (χ1) is 16.8. The Morgan fingerprint density at radius 2 is 2.11 bits per heavy atom. The second-order valence-electron chi connectivity index (χ2n) is 8.58. The number of hydrogen-bond donors (Lipinski definition) is 1. The third-order valence-electron chi connectivity index (χ3n) is 5.60. The summed E-state index contributed by atoms with van der Waals surface area (Å²) in [5.41, 5.74) is 7.96. The summed E-state index contributed by atoms with van der Waals surface area (Å²) < 4.78 is 36.9. The highest BCUT2D eigenvalue weighted by Gasteiger charge is 2.24. The van der Waals surface area contributed by atoms with Crippen LogP contribution in [0.5, 0.6) is 0 Å². The summed E-state index contributed by atoms with van der Waals surface area (Å²) in [6, 6.07) is 7.65. The molecule has 0 amide bonds. The van der Waals surface area contributed by atoms with Crippen molar-refractivity contribution in [1.29, 1.82) is 0 Å². The van der Waals surface area contributed by atoms with Gasteiger partial charge in [0.25, 0.3) is 5.89 Å². The number of ether oxygens (including phenoxy) is 3. The second kappa shape index (κ2) is 10.9. The Kier molecular flexibility index (Phi) is 7.69. The summed E-state index contributed by atoms with van der Waals surface area (Å²) in [7, 11) is 0. The number of pyridine rings is 1. The van der Waals surface area contributed by atoms with Crippen molar-refractivity contribution in [2.75, 3.05) is 31.6 Å². The van der Waals surface area contributed by atoms with Gasteiger partial charge < -0.3 is 29.3 Å². The van der Waals surface area contributed by atoms with Crippen LogP contribution in [0.1, 0.15) is 19.7 Å². The van der Waals surface area contributed by atoms with Gasteiger partial charge >= 0.3 is 5.97 Å². The number of anilines is 1. The van der Waals surface area contributed by atoms with Gasteiger partial charge in [-0.15, -0.1) is 10.2 Å². The van der Waals surface area contributed by atoms with Crippen LogP contribution in [0.4, 0.5) is 10.1 Å². The third-order valence-corrected chi connectivity index (χ3v) is 5.60. The van der Waals surface area contributed by atoms with Crippen molar-refractivity contribution >= 4 is 11.7 Å². The van der Waals surface area contributed by atoms with E-state index in [-0.39, 0.29) is 26.0 Å². The Morgan fingerprint density at radius 1 is 1.29 bits per heavy atom. The monoisotopic (exact) mass is 485 g/mol. The molecule has 1 aromatic carbocycles. The number of aryl methyl sites for hydroxylation is 1. The number of carbonyl (C=O) groups excluding carboxylic acids is 1. The van der Waals surface area contributed by atoms with Crippen LogP contribution in [0.15, 0.2) is 40.9 Å². The van der Waals surface area contributed by atoms with Gasteiger partial charge in [0.1, 0.15) is 43.8 Å². The standard InChI is InChI=1S/C24H28FN5O5/c1-14(2)22(26)24(31)33-11-18-10-30(12-32-13-34-18)17-5-6-19(20(25)8-17)16-4-7-21(27-9-16)23-29-28-15(3)35-23/h4-9,14,18,22H,10-13,26H2,1-3H3/t18-,22+/m1/s1. The lowest BCUT2D eigenvalue weighted by atomic mass is 10.1. The molecule has 1 aliphatic heterocycles. The van der Waals surface area contributed by atoms with Gasteiger partial charge in [-0.25, -0.2) is 4.39 Å². The number of rotatable bonds is 7. The average Bonchev–Trinajstić information content (AvgIpc) is 3.15. The van der Waals surface area contributed by atoms with Gasteiger partial charge in [-0.1, -0.05) is 19.9 Å². The van der Waals surface area contributed by atoms with Gasteiger partial charge in [-0.05, 0) is 30.2 Å². The lowest BCUT2D eigenvalue weighted by Crippen LogP contribution is -2.40. The number of halogens is 1. The van der Waals surface area contributed by atoms with Crippen LogP contribution in [0.25, 0.3) is 22.7 Å². The summed E-state index contributed by atoms with van der Waals surface area (Å²) in [6.07, 6.45) is 1.11. The van der Waals surface area contributed by atoms with Crippen LogP contribution >= 0.6 is 0 Å². The lowest BCUT2D eigenvalue weighted by Gasteiger charge is -2.25. The van der Waals surface area contributed by atoms with E-state index >= 15 is 4.39 Å². The molecule has 2 atom stereocenters. The molecule has 0 spiro atoms. The molecule has 0 bridgehead atoms. The Labute approximate surface area is 202 Å². The summed E-state index contributed by atoms with van der Waals surface area (Å²) in [5.74, 6) is -0.186.